The van der Waals surface area contributed by atoms with Gasteiger partial charge in [-0.3, -0.25) is 10.1 Å². The lowest BCUT2D eigenvalue weighted by Gasteiger charge is -2.12. The average molecular weight is 598 g/mol. The molecule has 0 bridgehead atoms. The molecule has 0 atom stereocenters. The summed E-state index contributed by atoms with van der Waals surface area (Å²) >= 11 is 23.9. The van der Waals surface area contributed by atoms with E-state index in [9.17, 15) is 10.1 Å². The number of hydrogen-bond donors (Lipinski definition) is 5. The lowest BCUT2D eigenvalue weighted by molar-refractivity contribution is -0.384. The molecule has 0 aliphatic carbocycles. The summed E-state index contributed by atoms with van der Waals surface area (Å²) < 4.78 is 0. The molecule has 0 aliphatic heterocycles. The van der Waals surface area contributed by atoms with Crippen molar-refractivity contribution in [3.63, 3.8) is 0 Å². The van der Waals surface area contributed by atoms with Gasteiger partial charge in [0.25, 0.3) is 5.69 Å². The summed E-state index contributed by atoms with van der Waals surface area (Å²) in [6.07, 6.45) is 0. The van der Waals surface area contributed by atoms with Crippen LogP contribution < -0.4 is 28.7 Å². The Kier molecular flexibility index (Phi) is 8.52. The van der Waals surface area contributed by atoms with Gasteiger partial charge in [0.2, 0.25) is 11.9 Å². The molecule has 0 radical (unpaired) electrons. The van der Waals surface area contributed by atoms with E-state index < -0.39 is 4.92 Å². The Labute approximate surface area is 236 Å². The number of nitrogen functional groups attached to an aromatic ring is 5. The van der Waals surface area contributed by atoms with Crippen molar-refractivity contribution < 1.29 is 4.92 Å². The fraction of sp³-hybridized carbons (Fsp3) is 0.0909. The number of rotatable bonds is 3. The number of halogens is 4. The van der Waals surface area contributed by atoms with Gasteiger partial charge in [-0.1, -0.05) is 46.4 Å². The Morgan fingerprint density at radius 3 is 1.50 bits per heavy atom. The van der Waals surface area contributed by atoms with Gasteiger partial charge in [0.1, 0.15) is 16.7 Å². The molecule has 0 saturated carbocycles. The molecular formula is C22H20Cl4N10O2. The second-order valence-corrected chi connectivity index (χ2v) is 9.38. The van der Waals surface area contributed by atoms with Crippen LogP contribution in [0.3, 0.4) is 0 Å². The maximum Gasteiger partial charge on any atom is 0.288 e. The molecule has 12 nitrogen and oxygen atoms in total. The zero-order valence-electron chi connectivity index (χ0n) is 19.8. The first-order valence-electron chi connectivity index (χ1n) is 10.4. The van der Waals surface area contributed by atoms with Crippen molar-refractivity contribution in [2.45, 2.75) is 13.8 Å². The molecule has 0 amide bonds. The van der Waals surface area contributed by atoms with Gasteiger partial charge < -0.3 is 28.7 Å². The fourth-order valence-electron chi connectivity index (χ4n) is 3.53. The number of nitro groups is 1. The SMILES string of the molecule is Cc1nc(N)nc(N)c1-c1cc(N)c(Cl)cc1Cl.Cc1nc(N)nc(N)c1-c1cc([N+](=O)[O-])c(Cl)cc1Cl. The third kappa shape index (κ3) is 6.00. The van der Waals surface area contributed by atoms with Crippen LogP contribution in [0.15, 0.2) is 24.3 Å². The number of nitrogens with zero attached hydrogens (tertiary/aromatic N) is 5. The summed E-state index contributed by atoms with van der Waals surface area (Å²) in [5.41, 5.74) is 31.6. The van der Waals surface area contributed by atoms with E-state index in [1.807, 2.05) is 0 Å². The lowest BCUT2D eigenvalue weighted by atomic mass is 10.0. The fourth-order valence-corrected chi connectivity index (χ4v) is 4.55. The number of benzene rings is 2. The third-order valence-electron chi connectivity index (χ3n) is 5.13. The number of nitrogens with two attached hydrogens (primary N) is 5. The summed E-state index contributed by atoms with van der Waals surface area (Å²) in [5, 5.41) is 11.9. The molecule has 0 saturated heterocycles. The molecule has 2 aromatic carbocycles. The van der Waals surface area contributed by atoms with Crippen molar-refractivity contribution in [2.75, 3.05) is 28.7 Å². The summed E-state index contributed by atoms with van der Waals surface area (Å²) in [6, 6.07) is 5.72. The van der Waals surface area contributed by atoms with Crippen LogP contribution in [-0.2, 0) is 0 Å². The van der Waals surface area contributed by atoms with E-state index >= 15 is 0 Å². The molecule has 4 aromatic rings. The van der Waals surface area contributed by atoms with Crippen LogP contribution in [0.4, 0.5) is 34.9 Å². The van der Waals surface area contributed by atoms with Crippen molar-refractivity contribution in [2.24, 2.45) is 0 Å². The summed E-state index contributed by atoms with van der Waals surface area (Å²) in [5.74, 6) is 0.479. The maximum atomic E-state index is 10.9. The first kappa shape index (κ1) is 28.7. The highest BCUT2D eigenvalue weighted by molar-refractivity contribution is 6.38. The number of aryl methyl sites for hydroxylation is 2. The molecule has 198 valence electrons. The molecule has 16 heteroatoms. The van der Waals surface area contributed by atoms with E-state index in [1.54, 1.807) is 26.0 Å². The molecule has 2 aromatic heterocycles. The van der Waals surface area contributed by atoms with E-state index in [4.69, 9.17) is 75.1 Å². The van der Waals surface area contributed by atoms with Crippen molar-refractivity contribution >= 4 is 81.3 Å². The van der Waals surface area contributed by atoms with Crippen LogP contribution in [0.5, 0.6) is 0 Å². The molecule has 0 fully saturated rings. The van der Waals surface area contributed by atoms with Gasteiger partial charge in [-0.2, -0.15) is 9.97 Å². The van der Waals surface area contributed by atoms with E-state index in [-0.39, 0.29) is 39.3 Å². The van der Waals surface area contributed by atoms with Crippen LogP contribution in [0, 0.1) is 24.0 Å². The predicted octanol–water partition coefficient (Wildman–Crippen LogP) is 5.34. The minimum atomic E-state index is -0.605. The quantitative estimate of drug-likeness (QED) is 0.115. The first-order chi connectivity index (χ1) is 17.7. The highest BCUT2D eigenvalue weighted by atomic mass is 35.5. The molecule has 4 rings (SSSR count). The second-order valence-electron chi connectivity index (χ2n) is 7.75. The van der Waals surface area contributed by atoms with E-state index in [2.05, 4.69) is 19.9 Å². The average Bonchev–Trinajstić information content (AvgIpc) is 2.77. The number of nitro benzene ring substituents is 1. The largest absolute Gasteiger partial charge is 0.398 e. The van der Waals surface area contributed by atoms with Crippen molar-refractivity contribution in [3.8, 4) is 22.3 Å². The van der Waals surface area contributed by atoms with Crippen LogP contribution in [0.2, 0.25) is 20.1 Å². The normalized spacial score (nSPS) is 10.6. The van der Waals surface area contributed by atoms with E-state index in [0.29, 0.717) is 49.4 Å². The van der Waals surface area contributed by atoms with Crippen LogP contribution >= 0.6 is 46.4 Å². The summed E-state index contributed by atoms with van der Waals surface area (Å²) in [4.78, 5) is 26.1. The van der Waals surface area contributed by atoms with Gasteiger partial charge in [0.15, 0.2) is 0 Å². The van der Waals surface area contributed by atoms with Crippen molar-refractivity contribution in [1.82, 2.24) is 19.9 Å². The minimum absolute atomic E-state index is 0.0170. The molecular weight excluding hydrogens is 578 g/mol. The third-order valence-corrected chi connectivity index (χ3v) is 6.38. The highest BCUT2D eigenvalue weighted by Gasteiger charge is 2.21. The zero-order chi connectivity index (χ0) is 28.5. The Bertz CT molecular complexity index is 1540. The Balaban J connectivity index is 0.000000212. The highest BCUT2D eigenvalue weighted by Crippen LogP contribution is 2.40. The predicted molar refractivity (Wildman–Crippen MR) is 153 cm³/mol. The smallest absolute Gasteiger partial charge is 0.288 e. The minimum Gasteiger partial charge on any atom is -0.398 e. The van der Waals surface area contributed by atoms with E-state index in [1.165, 1.54) is 12.1 Å². The first-order valence-corrected chi connectivity index (χ1v) is 11.9. The zero-order valence-corrected chi connectivity index (χ0v) is 22.8. The van der Waals surface area contributed by atoms with Gasteiger partial charge in [0, 0.05) is 28.3 Å². The van der Waals surface area contributed by atoms with Crippen LogP contribution in [-0.4, -0.2) is 24.9 Å². The van der Waals surface area contributed by atoms with Crippen LogP contribution in [0.1, 0.15) is 11.4 Å². The van der Waals surface area contributed by atoms with Gasteiger partial charge in [-0.05, 0) is 32.0 Å². The van der Waals surface area contributed by atoms with E-state index in [0.717, 1.165) is 0 Å². The summed E-state index contributed by atoms with van der Waals surface area (Å²) in [7, 11) is 0. The van der Waals surface area contributed by atoms with Gasteiger partial charge in [-0.25, -0.2) is 9.97 Å². The Morgan fingerprint density at radius 2 is 1.08 bits per heavy atom. The molecule has 38 heavy (non-hydrogen) atoms. The van der Waals surface area contributed by atoms with Crippen molar-refractivity contribution in [3.05, 3.63) is 65.9 Å². The summed E-state index contributed by atoms with van der Waals surface area (Å²) in [6.45, 7) is 3.42. The van der Waals surface area contributed by atoms with Gasteiger partial charge in [-0.15, -0.1) is 0 Å². The molecule has 2 heterocycles. The Morgan fingerprint density at radius 1 is 0.658 bits per heavy atom. The Hall–Kier alpha value is -3.84. The second kappa shape index (κ2) is 11.3. The van der Waals surface area contributed by atoms with Crippen molar-refractivity contribution in [1.29, 1.82) is 0 Å². The molecule has 0 aliphatic rings. The molecule has 0 unspecified atom stereocenters. The number of aromatic nitrogens is 4. The van der Waals surface area contributed by atoms with Gasteiger partial charge in [0.05, 0.1) is 37.1 Å². The number of hydrogen-bond acceptors (Lipinski definition) is 11. The monoisotopic (exact) mass is 596 g/mol. The lowest BCUT2D eigenvalue weighted by Crippen LogP contribution is -2.05. The number of anilines is 5. The molecule has 0 spiro atoms. The standard InChI is InChI=1S/C11H9Cl2N5O2.C11H11Cl2N5/c1-4-9(10(14)17-11(15)16-4)5-2-8(18(19)20)7(13)3-6(5)12;1-4-9(10(15)18-11(16)17-4)5-2-8(14)7(13)3-6(5)12/h2-3H,1H3,(H4,14,15,16,17);2-3H,14H2,1H3,(H4,15,16,17,18). The topological polar surface area (TPSA) is 225 Å². The maximum absolute atomic E-state index is 10.9. The molecule has 10 N–H and O–H groups in total. The van der Waals surface area contributed by atoms with Crippen LogP contribution in [0.25, 0.3) is 22.3 Å². The van der Waals surface area contributed by atoms with Gasteiger partial charge >= 0.3 is 0 Å².